The van der Waals surface area contributed by atoms with Gasteiger partial charge in [-0.25, -0.2) is 10.8 Å². The van der Waals surface area contributed by atoms with Gasteiger partial charge < -0.3 is 20.0 Å². The number of hydrazine groups is 1. The van der Waals surface area contributed by atoms with Crippen LogP contribution in [0.2, 0.25) is 0 Å². The maximum absolute atomic E-state index is 6.49. The number of hydrogen-bond donors (Lipinski definition) is 2. The van der Waals surface area contributed by atoms with Crippen molar-refractivity contribution in [3.8, 4) is 5.75 Å². The normalized spacial score (nSPS) is 18.2. The molecule has 2 saturated carbocycles. The minimum absolute atomic E-state index is 0.283. The van der Waals surface area contributed by atoms with Gasteiger partial charge in [0.1, 0.15) is 5.75 Å². The SMILES string of the molecule is Cc1nc(/C(N)=C(\Cc2noc(CCC3CCC3)n2)N(C)N)ccc1OC1CCCCC1. The Bertz CT molecular complexity index is 928. The summed E-state index contributed by atoms with van der Waals surface area (Å²) in [6, 6.07) is 3.85. The molecule has 0 spiro atoms. The zero-order valence-electron chi connectivity index (χ0n) is 19.3. The van der Waals surface area contributed by atoms with Gasteiger partial charge in [-0.2, -0.15) is 4.98 Å². The van der Waals surface area contributed by atoms with Crippen molar-refractivity contribution < 1.29 is 9.26 Å². The lowest BCUT2D eigenvalue weighted by molar-refractivity contribution is 0.153. The first-order valence-electron chi connectivity index (χ1n) is 11.9. The molecule has 2 heterocycles. The van der Waals surface area contributed by atoms with E-state index in [4.69, 9.17) is 25.8 Å². The smallest absolute Gasteiger partial charge is 0.226 e. The van der Waals surface area contributed by atoms with Crippen LogP contribution >= 0.6 is 0 Å². The maximum atomic E-state index is 6.49. The topological polar surface area (TPSA) is 116 Å². The van der Waals surface area contributed by atoms with E-state index < -0.39 is 0 Å². The molecule has 0 aromatic carbocycles. The molecule has 2 aromatic rings. The van der Waals surface area contributed by atoms with Gasteiger partial charge in [-0.15, -0.1) is 0 Å². The van der Waals surface area contributed by atoms with E-state index in [-0.39, 0.29) is 6.10 Å². The molecule has 0 radical (unpaired) electrons. The van der Waals surface area contributed by atoms with Crippen molar-refractivity contribution in [2.75, 3.05) is 7.05 Å². The van der Waals surface area contributed by atoms with Crippen LogP contribution < -0.4 is 16.3 Å². The third-order valence-corrected chi connectivity index (χ3v) is 6.72. The Balaban J connectivity index is 1.45. The van der Waals surface area contributed by atoms with Crippen molar-refractivity contribution in [2.24, 2.45) is 17.5 Å². The molecule has 0 unspecified atom stereocenters. The number of aryl methyl sites for hydroxylation is 2. The van der Waals surface area contributed by atoms with E-state index in [0.717, 1.165) is 43.0 Å². The number of ether oxygens (including phenoxy) is 1. The lowest BCUT2D eigenvalue weighted by atomic mass is 9.82. The van der Waals surface area contributed by atoms with E-state index in [2.05, 4.69) is 10.1 Å². The van der Waals surface area contributed by atoms with E-state index in [9.17, 15) is 0 Å². The molecule has 0 atom stereocenters. The summed E-state index contributed by atoms with van der Waals surface area (Å²) in [4.78, 5) is 9.24. The van der Waals surface area contributed by atoms with Crippen LogP contribution in [0.25, 0.3) is 5.70 Å². The van der Waals surface area contributed by atoms with Crippen LogP contribution in [-0.4, -0.2) is 33.3 Å². The second-order valence-corrected chi connectivity index (χ2v) is 9.25. The molecule has 2 fully saturated rings. The lowest BCUT2D eigenvalue weighted by Gasteiger charge is -2.24. The van der Waals surface area contributed by atoms with Crippen molar-refractivity contribution in [1.82, 2.24) is 20.1 Å². The van der Waals surface area contributed by atoms with Crippen LogP contribution in [0, 0.1) is 12.8 Å². The van der Waals surface area contributed by atoms with Crippen molar-refractivity contribution in [3.63, 3.8) is 0 Å². The van der Waals surface area contributed by atoms with Crippen LogP contribution in [0.15, 0.2) is 22.4 Å². The molecule has 174 valence electrons. The quantitative estimate of drug-likeness (QED) is 0.445. The number of hydrogen-bond acceptors (Lipinski definition) is 8. The first-order valence-corrected chi connectivity index (χ1v) is 11.9. The molecular formula is C24H36N6O2. The molecule has 0 aliphatic heterocycles. The molecule has 0 saturated heterocycles. The summed E-state index contributed by atoms with van der Waals surface area (Å²) in [6.45, 7) is 1.95. The average molecular weight is 441 g/mol. The van der Waals surface area contributed by atoms with Crippen LogP contribution in [0.1, 0.15) is 80.9 Å². The first kappa shape index (κ1) is 22.6. The summed E-state index contributed by atoms with van der Waals surface area (Å²) in [5.74, 6) is 9.00. The van der Waals surface area contributed by atoms with E-state index in [1.54, 1.807) is 7.05 Å². The minimum Gasteiger partial charge on any atom is -0.489 e. The second-order valence-electron chi connectivity index (χ2n) is 9.25. The van der Waals surface area contributed by atoms with Crippen molar-refractivity contribution >= 4 is 5.70 Å². The molecular weight excluding hydrogens is 404 g/mol. The summed E-state index contributed by atoms with van der Waals surface area (Å²) in [7, 11) is 1.76. The Labute approximate surface area is 190 Å². The van der Waals surface area contributed by atoms with Crippen LogP contribution in [0.4, 0.5) is 0 Å². The number of aromatic nitrogens is 3. The highest BCUT2D eigenvalue weighted by Crippen LogP contribution is 2.30. The lowest BCUT2D eigenvalue weighted by Crippen LogP contribution is -2.29. The van der Waals surface area contributed by atoms with Gasteiger partial charge in [0.05, 0.1) is 35.3 Å². The van der Waals surface area contributed by atoms with Crippen molar-refractivity contribution in [3.05, 3.63) is 40.9 Å². The van der Waals surface area contributed by atoms with Crippen molar-refractivity contribution in [1.29, 1.82) is 0 Å². The number of rotatable bonds is 9. The number of pyridine rings is 1. The van der Waals surface area contributed by atoms with Gasteiger partial charge in [-0.05, 0) is 57.1 Å². The fourth-order valence-corrected chi connectivity index (χ4v) is 4.47. The standard InChI is InChI=1S/C24H36N6O2/c1-16-21(31-18-9-4-3-5-10-18)13-12-19(27-16)24(25)20(30(2)26)15-22-28-23(32-29-22)14-11-17-7-6-8-17/h12-13,17-18H,3-11,14-15,25-26H2,1-2H3/b24-20-. The Hall–Kier alpha value is -2.61. The minimum atomic E-state index is 0.283. The Morgan fingerprint density at radius 3 is 2.56 bits per heavy atom. The fraction of sp³-hybridized carbons (Fsp3) is 0.625. The van der Waals surface area contributed by atoms with E-state index in [1.807, 2.05) is 19.1 Å². The molecule has 8 heteroatoms. The third-order valence-electron chi connectivity index (χ3n) is 6.72. The molecule has 8 nitrogen and oxygen atoms in total. The van der Waals surface area contributed by atoms with Gasteiger partial charge in [-0.1, -0.05) is 30.8 Å². The molecule has 2 aliphatic carbocycles. The van der Waals surface area contributed by atoms with Crippen LogP contribution in [0.3, 0.4) is 0 Å². The zero-order chi connectivity index (χ0) is 22.5. The average Bonchev–Trinajstić information content (AvgIpc) is 3.20. The largest absolute Gasteiger partial charge is 0.489 e. The third kappa shape index (κ3) is 5.59. The van der Waals surface area contributed by atoms with Gasteiger partial charge in [0.15, 0.2) is 5.82 Å². The molecule has 4 N–H and O–H groups in total. The number of allylic oxidation sites excluding steroid dienone is 1. The molecule has 2 aliphatic rings. The molecule has 2 aromatic heterocycles. The Morgan fingerprint density at radius 2 is 1.91 bits per heavy atom. The number of nitrogens with zero attached hydrogens (tertiary/aromatic N) is 4. The predicted molar refractivity (Wildman–Crippen MR) is 123 cm³/mol. The highest BCUT2D eigenvalue weighted by atomic mass is 16.5. The Kier molecular flexibility index (Phi) is 7.29. The highest BCUT2D eigenvalue weighted by molar-refractivity contribution is 5.63. The first-order chi connectivity index (χ1) is 15.5. The molecule has 32 heavy (non-hydrogen) atoms. The summed E-state index contributed by atoms with van der Waals surface area (Å²) in [5, 5.41) is 5.64. The maximum Gasteiger partial charge on any atom is 0.226 e. The zero-order valence-corrected chi connectivity index (χ0v) is 19.3. The van der Waals surface area contributed by atoms with E-state index in [0.29, 0.717) is 35.2 Å². The van der Waals surface area contributed by atoms with Gasteiger partial charge in [0.2, 0.25) is 5.89 Å². The fourth-order valence-electron chi connectivity index (χ4n) is 4.47. The summed E-state index contributed by atoms with van der Waals surface area (Å²) in [5.41, 5.74) is 9.18. The van der Waals surface area contributed by atoms with Crippen molar-refractivity contribution in [2.45, 2.75) is 83.7 Å². The number of likely N-dealkylation sites (N-methyl/N-ethyl adjacent to an activating group) is 1. The highest BCUT2D eigenvalue weighted by Gasteiger charge is 2.20. The van der Waals surface area contributed by atoms with Gasteiger partial charge in [0.25, 0.3) is 0 Å². The van der Waals surface area contributed by atoms with Crippen LogP contribution in [-0.2, 0) is 12.8 Å². The summed E-state index contributed by atoms with van der Waals surface area (Å²) < 4.78 is 11.6. The monoisotopic (exact) mass is 440 g/mol. The van der Waals surface area contributed by atoms with E-state index >= 15 is 0 Å². The van der Waals surface area contributed by atoms with Gasteiger partial charge in [0, 0.05) is 13.5 Å². The number of nitrogens with two attached hydrogens (primary N) is 2. The summed E-state index contributed by atoms with van der Waals surface area (Å²) in [6.07, 6.45) is 12.6. The molecule has 4 rings (SSSR count). The molecule has 0 bridgehead atoms. The Morgan fingerprint density at radius 1 is 1.12 bits per heavy atom. The predicted octanol–water partition coefficient (Wildman–Crippen LogP) is 3.89. The van der Waals surface area contributed by atoms with Crippen LogP contribution in [0.5, 0.6) is 5.75 Å². The second kappa shape index (κ2) is 10.3. The van der Waals surface area contributed by atoms with E-state index in [1.165, 1.54) is 43.5 Å². The van der Waals surface area contributed by atoms with Gasteiger partial charge >= 0.3 is 0 Å². The molecule has 0 amide bonds. The van der Waals surface area contributed by atoms with Gasteiger partial charge in [-0.3, -0.25) is 0 Å². The summed E-state index contributed by atoms with van der Waals surface area (Å²) >= 11 is 0.